The summed E-state index contributed by atoms with van der Waals surface area (Å²) in [4.78, 5) is 28.6. The van der Waals surface area contributed by atoms with Crippen molar-refractivity contribution in [2.45, 2.75) is 39.5 Å². The fourth-order valence-corrected chi connectivity index (χ4v) is 5.18. The monoisotopic (exact) mass is 598 g/mol. The maximum absolute atomic E-state index is 13.6. The number of carboxylic acids is 1. The molecular weight excluding hydrogens is 561 g/mol. The number of hydrogen-bond acceptors (Lipinski definition) is 5. The van der Waals surface area contributed by atoms with Crippen molar-refractivity contribution >= 4 is 11.9 Å². The van der Waals surface area contributed by atoms with Gasteiger partial charge in [-0.05, 0) is 58.5 Å². The van der Waals surface area contributed by atoms with Gasteiger partial charge < -0.3 is 19.5 Å². The summed E-state index contributed by atoms with van der Waals surface area (Å²) in [6.45, 7) is 7.19. The maximum atomic E-state index is 13.6. The number of amides is 1. The van der Waals surface area contributed by atoms with Crippen molar-refractivity contribution in [3.8, 4) is 5.75 Å². The Morgan fingerprint density at radius 3 is 2.49 bits per heavy atom. The zero-order valence-electron chi connectivity index (χ0n) is 24.4. The van der Waals surface area contributed by atoms with Crippen LogP contribution in [0.15, 0.2) is 66.7 Å². The van der Waals surface area contributed by atoms with E-state index in [2.05, 4.69) is 30.9 Å². The van der Waals surface area contributed by atoms with Gasteiger partial charge >= 0.3 is 12.1 Å². The zero-order chi connectivity index (χ0) is 31.0. The van der Waals surface area contributed by atoms with Gasteiger partial charge in [0.05, 0.1) is 18.8 Å². The molecule has 0 unspecified atom stereocenters. The van der Waals surface area contributed by atoms with Gasteiger partial charge in [0.2, 0.25) is 0 Å². The molecule has 3 aromatic carbocycles. The van der Waals surface area contributed by atoms with Gasteiger partial charge in [0, 0.05) is 38.2 Å². The SMILES string of the molecule is CC(C)CN1CCOCCOc2ccc(C(=O)N(CC(=O)O)Cc3cccc(C(F)(F)F)c3)cc2Cc2cccc(c2)C1. The molecule has 10 heteroatoms. The highest BCUT2D eigenvalue weighted by atomic mass is 19.4. The minimum absolute atomic E-state index is 0.175. The van der Waals surface area contributed by atoms with Crippen LogP contribution >= 0.6 is 0 Å². The third kappa shape index (κ3) is 9.56. The van der Waals surface area contributed by atoms with Crippen molar-refractivity contribution in [2.75, 3.05) is 39.5 Å². The predicted molar refractivity (Wildman–Crippen MR) is 156 cm³/mol. The summed E-state index contributed by atoms with van der Waals surface area (Å²) in [5.41, 5.74) is 2.43. The first-order valence-corrected chi connectivity index (χ1v) is 14.3. The number of nitrogens with zero attached hydrogens (tertiary/aromatic N) is 2. The van der Waals surface area contributed by atoms with E-state index >= 15 is 0 Å². The number of halogens is 3. The second kappa shape index (κ2) is 14.5. The number of benzene rings is 3. The van der Waals surface area contributed by atoms with Crippen LogP contribution in [0, 0.1) is 5.92 Å². The van der Waals surface area contributed by atoms with Crippen LogP contribution in [0.5, 0.6) is 5.75 Å². The van der Waals surface area contributed by atoms with E-state index in [1.54, 1.807) is 18.2 Å². The number of rotatable bonds is 7. The molecule has 0 saturated carbocycles. The molecule has 3 aromatic rings. The number of aliphatic carboxylic acids is 1. The summed E-state index contributed by atoms with van der Waals surface area (Å²) < 4.78 is 51.6. The number of fused-ring (bicyclic) bond motifs is 3. The summed E-state index contributed by atoms with van der Waals surface area (Å²) >= 11 is 0. The molecular formula is C33H37F3N2O5. The van der Waals surface area contributed by atoms with Crippen LogP contribution in [0.4, 0.5) is 13.2 Å². The van der Waals surface area contributed by atoms with Gasteiger partial charge in [-0.3, -0.25) is 14.5 Å². The molecule has 230 valence electrons. The highest BCUT2D eigenvalue weighted by Crippen LogP contribution is 2.30. The Hall–Kier alpha value is -3.89. The Labute approximate surface area is 249 Å². The predicted octanol–water partition coefficient (Wildman–Crippen LogP) is 5.89. The van der Waals surface area contributed by atoms with E-state index in [4.69, 9.17) is 9.47 Å². The molecule has 1 aliphatic rings. The molecule has 0 fully saturated rings. The summed E-state index contributed by atoms with van der Waals surface area (Å²) in [6.07, 6.45) is -4.10. The Balaban J connectivity index is 1.63. The van der Waals surface area contributed by atoms with E-state index in [-0.39, 0.29) is 17.7 Å². The Bertz CT molecular complexity index is 1410. The fraction of sp³-hybridized carbons (Fsp3) is 0.394. The number of carboxylic acid groups (broad SMARTS) is 1. The van der Waals surface area contributed by atoms with Gasteiger partial charge in [0.1, 0.15) is 18.9 Å². The van der Waals surface area contributed by atoms with Crippen LogP contribution < -0.4 is 4.74 Å². The molecule has 1 N–H and O–H groups in total. The van der Waals surface area contributed by atoms with Crippen molar-refractivity contribution in [1.29, 1.82) is 0 Å². The Kier molecular flexibility index (Phi) is 10.8. The van der Waals surface area contributed by atoms with Crippen LogP contribution in [0.25, 0.3) is 0 Å². The van der Waals surface area contributed by atoms with Crippen molar-refractivity contribution < 1.29 is 37.3 Å². The van der Waals surface area contributed by atoms with Crippen molar-refractivity contribution in [3.05, 3.63) is 100 Å². The van der Waals surface area contributed by atoms with E-state index in [0.29, 0.717) is 37.9 Å². The van der Waals surface area contributed by atoms with Gasteiger partial charge in [-0.25, -0.2) is 0 Å². The van der Waals surface area contributed by atoms with Gasteiger partial charge in [-0.2, -0.15) is 13.2 Å². The number of alkyl halides is 3. The Morgan fingerprint density at radius 2 is 1.74 bits per heavy atom. The minimum atomic E-state index is -4.56. The second-order valence-electron chi connectivity index (χ2n) is 11.2. The van der Waals surface area contributed by atoms with Gasteiger partial charge in [-0.1, -0.05) is 50.2 Å². The first kappa shape index (κ1) is 32.0. The van der Waals surface area contributed by atoms with E-state index in [1.165, 1.54) is 12.1 Å². The lowest BCUT2D eigenvalue weighted by Gasteiger charge is -2.25. The first-order valence-electron chi connectivity index (χ1n) is 14.3. The highest BCUT2D eigenvalue weighted by molar-refractivity contribution is 5.96. The lowest BCUT2D eigenvalue weighted by molar-refractivity contribution is -0.139. The maximum Gasteiger partial charge on any atom is 0.416 e. The lowest BCUT2D eigenvalue weighted by Crippen LogP contribution is -2.35. The quantitative estimate of drug-likeness (QED) is 0.366. The molecule has 43 heavy (non-hydrogen) atoms. The summed E-state index contributed by atoms with van der Waals surface area (Å²) in [6, 6.07) is 17.6. The van der Waals surface area contributed by atoms with Crippen molar-refractivity contribution in [1.82, 2.24) is 9.80 Å². The van der Waals surface area contributed by atoms with Gasteiger partial charge in [0.25, 0.3) is 5.91 Å². The molecule has 0 aliphatic carbocycles. The van der Waals surface area contributed by atoms with Crippen molar-refractivity contribution in [3.63, 3.8) is 0 Å². The van der Waals surface area contributed by atoms with E-state index in [1.807, 2.05) is 12.1 Å². The summed E-state index contributed by atoms with van der Waals surface area (Å²) in [5.74, 6) is -0.803. The molecule has 0 aromatic heterocycles. The van der Waals surface area contributed by atoms with Crippen molar-refractivity contribution in [2.24, 2.45) is 5.92 Å². The standard InChI is InChI=1S/C33H37F3N2O5/c1-23(2)19-37-11-12-42-13-14-43-30-10-9-27(18-28(30)16-24-5-3-6-25(15-24)20-37)32(41)38(22-31(39)40)21-26-7-4-8-29(17-26)33(34,35)36/h3-10,15,17-18,23H,11-14,16,19-22H2,1-2H3,(H,39,40). The number of carbonyl (C=O) groups excluding carboxylic acids is 1. The second-order valence-corrected chi connectivity index (χ2v) is 11.2. The lowest BCUT2D eigenvalue weighted by atomic mass is 9.99. The molecule has 1 amide bonds. The third-order valence-electron chi connectivity index (χ3n) is 7.00. The topological polar surface area (TPSA) is 79.3 Å². The molecule has 1 aliphatic heterocycles. The van der Waals surface area contributed by atoms with Crippen LogP contribution in [0.2, 0.25) is 0 Å². The van der Waals surface area contributed by atoms with Gasteiger partial charge in [-0.15, -0.1) is 0 Å². The normalized spacial score (nSPS) is 14.8. The molecule has 0 atom stereocenters. The molecule has 0 radical (unpaired) electrons. The third-order valence-corrected chi connectivity index (χ3v) is 7.00. The molecule has 1 heterocycles. The van der Waals surface area contributed by atoms with E-state index in [0.717, 1.165) is 53.4 Å². The molecule has 4 rings (SSSR count). The molecule has 7 nitrogen and oxygen atoms in total. The highest BCUT2D eigenvalue weighted by Gasteiger charge is 2.31. The number of ether oxygens (including phenoxy) is 2. The van der Waals surface area contributed by atoms with Crippen LogP contribution in [0.3, 0.4) is 0 Å². The largest absolute Gasteiger partial charge is 0.491 e. The first-order chi connectivity index (χ1) is 20.5. The van der Waals surface area contributed by atoms with E-state index in [9.17, 15) is 27.9 Å². The van der Waals surface area contributed by atoms with Crippen LogP contribution in [-0.4, -0.2) is 66.2 Å². The summed E-state index contributed by atoms with van der Waals surface area (Å²) in [5, 5.41) is 9.49. The van der Waals surface area contributed by atoms with Crippen LogP contribution in [-0.2, 0) is 35.2 Å². The van der Waals surface area contributed by atoms with Gasteiger partial charge in [0.15, 0.2) is 0 Å². The Morgan fingerprint density at radius 1 is 0.977 bits per heavy atom. The smallest absolute Gasteiger partial charge is 0.416 e. The average Bonchev–Trinajstić information content (AvgIpc) is 2.93. The molecule has 0 spiro atoms. The van der Waals surface area contributed by atoms with E-state index < -0.39 is 30.2 Å². The number of carbonyl (C=O) groups is 2. The molecule has 0 saturated heterocycles. The van der Waals surface area contributed by atoms with Crippen LogP contribution in [0.1, 0.15) is 52.0 Å². The fourth-order valence-electron chi connectivity index (χ4n) is 5.18. The number of hydrogen-bond donors (Lipinski definition) is 1. The molecule has 2 bridgehead atoms. The summed E-state index contributed by atoms with van der Waals surface area (Å²) in [7, 11) is 0. The average molecular weight is 599 g/mol. The minimum Gasteiger partial charge on any atom is -0.491 e. The zero-order valence-corrected chi connectivity index (χ0v) is 24.4.